The first-order valence-corrected chi connectivity index (χ1v) is 7.91. The Labute approximate surface area is 128 Å². The number of benzene rings is 1. The number of carbonyl (C=O) groups excluding carboxylic acids is 1. The first-order chi connectivity index (χ1) is 10.0. The number of hydrogen-bond donors (Lipinski definition) is 1. The zero-order valence-corrected chi connectivity index (χ0v) is 13.6. The molecule has 21 heavy (non-hydrogen) atoms. The van der Waals surface area contributed by atoms with Crippen LogP contribution in [0.5, 0.6) is 0 Å². The van der Waals surface area contributed by atoms with E-state index in [1.807, 2.05) is 0 Å². The molecule has 1 fully saturated rings. The molecule has 0 heterocycles. The maximum atomic E-state index is 12.0. The van der Waals surface area contributed by atoms with Crippen LogP contribution >= 0.6 is 0 Å². The molecule has 116 valence electrons. The van der Waals surface area contributed by atoms with E-state index < -0.39 is 0 Å². The number of methoxy groups -OCH3 is 1. The highest BCUT2D eigenvalue weighted by molar-refractivity contribution is 5.75. The molecule has 0 aliphatic heterocycles. The molecule has 2 rings (SSSR count). The Kier molecular flexibility index (Phi) is 5.40. The van der Waals surface area contributed by atoms with E-state index >= 15 is 0 Å². The first-order valence-electron chi connectivity index (χ1n) is 7.91. The largest absolute Gasteiger partial charge is 0.468 e. The molecule has 3 nitrogen and oxygen atoms in total. The molecule has 1 aliphatic carbocycles. The van der Waals surface area contributed by atoms with Gasteiger partial charge in [-0.2, -0.15) is 0 Å². The van der Waals surface area contributed by atoms with Crippen molar-refractivity contribution in [2.45, 2.75) is 52.1 Å². The van der Waals surface area contributed by atoms with Gasteiger partial charge in [0.1, 0.15) is 6.04 Å². The third-order valence-corrected chi connectivity index (χ3v) is 4.10. The normalized spacial score (nSPS) is 17.6. The number of nitrogens with one attached hydrogen (secondary N) is 1. The quantitative estimate of drug-likeness (QED) is 0.779. The maximum Gasteiger partial charge on any atom is 0.322 e. The van der Waals surface area contributed by atoms with Crippen molar-refractivity contribution in [1.29, 1.82) is 0 Å². The van der Waals surface area contributed by atoms with Gasteiger partial charge in [-0.25, -0.2) is 0 Å². The Morgan fingerprint density at radius 3 is 2.38 bits per heavy atom. The molecule has 1 saturated carbocycles. The summed E-state index contributed by atoms with van der Waals surface area (Å²) in [7, 11) is 1.47. The fraction of sp³-hybridized carbons (Fsp3) is 0.611. The summed E-state index contributed by atoms with van der Waals surface area (Å²) in [5, 5.41) is 3.56. The van der Waals surface area contributed by atoms with E-state index in [1.54, 1.807) is 0 Å². The predicted molar refractivity (Wildman–Crippen MR) is 85.0 cm³/mol. The Balaban J connectivity index is 2.13. The zero-order valence-electron chi connectivity index (χ0n) is 13.6. The minimum absolute atomic E-state index is 0.151. The Hall–Kier alpha value is -1.35. The van der Waals surface area contributed by atoms with E-state index in [0.29, 0.717) is 11.8 Å². The lowest BCUT2D eigenvalue weighted by atomic mass is 9.97. The molecule has 0 spiro atoms. The van der Waals surface area contributed by atoms with Gasteiger partial charge in [-0.15, -0.1) is 0 Å². The molecule has 1 aromatic rings. The highest BCUT2D eigenvalue weighted by atomic mass is 16.5. The average molecular weight is 289 g/mol. The van der Waals surface area contributed by atoms with E-state index in [4.69, 9.17) is 4.74 Å². The third-order valence-electron chi connectivity index (χ3n) is 4.10. The fourth-order valence-electron chi connectivity index (χ4n) is 2.77. The van der Waals surface area contributed by atoms with Crippen molar-refractivity contribution in [2.24, 2.45) is 11.8 Å². The molecule has 1 aromatic carbocycles. The highest BCUT2D eigenvalue weighted by Crippen LogP contribution is 2.41. The lowest BCUT2D eigenvalue weighted by Crippen LogP contribution is -2.41. The van der Waals surface area contributed by atoms with Gasteiger partial charge in [-0.05, 0) is 43.6 Å². The monoisotopic (exact) mass is 289 g/mol. The number of esters is 1. The zero-order chi connectivity index (χ0) is 15.4. The van der Waals surface area contributed by atoms with Gasteiger partial charge in [0.05, 0.1) is 7.11 Å². The molecule has 1 N–H and O–H groups in total. The summed E-state index contributed by atoms with van der Waals surface area (Å²) in [6.45, 7) is 6.37. The van der Waals surface area contributed by atoms with Crippen molar-refractivity contribution in [3.8, 4) is 0 Å². The van der Waals surface area contributed by atoms with Gasteiger partial charge in [0.25, 0.3) is 0 Å². The molecular weight excluding hydrogens is 262 g/mol. The minimum Gasteiger partial charge on any atom is -0.468 e. The number of carbonyl (C=O) groups is 1. The standard InChI is InChI=1S/C18H27NO2/c1-12(2)11-16(18(20)21-4)19-17(15-9-10-15)14-7-5-13(3)6-8-14/h5-8,12,15-17,19H,9-11H2,1-4H3. The molecule has 0 aromatic heterocycles. The van der Waals surface area contributed by atoms with Crippen LogP contribution in [0.25, 0.3) is 0 Å². The molecule has 0 amide bonds. The SMILES string of the molecule is COC(=O)C(CC(C)C)NC(c1ccc(C)cc1)C1CC1. The molecule has 2 atom stereocenters. The second-order valence-corrected chi connectivity index (χ2v) is 6.60. The summed E-state index contributed by atoms with van der Waals surface area (Å²) >= 11 is 0. The van der Waals surface area contributed by atoms with Gasteiger partial charge < -0.3 is 4.74 Å². The highest BCUT2D eigenvalue weighted by Gasteiger charge is 2.35. The lowest BCUT2D eigenvalue weighted by molar-refractivity contribution is -0.143. The van der Waals surface area contributed by atoms with Gasteiger partial charge in [-0.3, -0.25) is 10.1 Å². The Morgan fingerprint density at radius 1 is 1.29 bits per heavy atom. The number of rotatable bonds is 7. The number of aryl methyl sites for hydroxylation is 1. The second-order valence-electron chi connectivity index (χ2n) is 6.60. The smallest absolute Gasteiger partial charge is 0.322 e. The van der Waals surface area contributed by atoms with E-state index in [9.17, 15) is 4.79 Å². The summed E-state index contributed by atoms with van der Waals surface area (Å²) in [4.78, 5) is 12.0. The van der Waals surface area contributed by atoms with Crippen LogP contribution in [0.1, 0.15) is 50.3 Å². The molecular formula is C18H27NO2. The van der Waals surface area contributed by atoms with Gasteiger partial charge >= 0.3 is 5.97 Å². The fourth-order valence-corrected chi connectivity index (χ4v) is 2.77. The molecule has 2 unspecified atom stereocenters. The van der Waals surface area contributed by atoms with Crippen molar-refractivity contribution in [2.75, 3.05) is 7.11 Å². The predicted octanol–water partition coefficient (Wildman–Crippen LogP) is 3.62. The van der Waals surface area contributed by atoms with Crippen LogP contribution in [0.15, 0.2) is 24.3 Å². The number of ether oxygens (including phenoxy) is 1. The molecule has 0 radical (unpaired) electrons. The van der Waals surface area contributed by atoms with Crippen LogP contribution in [0.3, 0.4) is 0 Å². The van der Waals surface area contributed by atoms with Crippen molar-refractivity contribution in [1.82, 2.24) is 5.32 Å². The molecule has 0 bridgehead atoms. The molecule has 1 aliphatic rings. The van der Waals surface area contributed by atoms with Crippen LogP contribution in [0.2, 0.25) is 0 Å². The minimum atomic E-state index is -0.220. The first kappa shape index (κ1) is 16.0. The summed E-state index contributed by atoms with van der Waals surface area (Å²) in [5.41, 5.74) is 2.54. The van der Waals surface area contributed by atoms with Crippen molar-refractivity contribution < 1.29 is 9.53 Å². The maximum absolute atomic E-state index is 12.0. The van der Waals surface area contributed by atoms with E-state index in [0.717, 1.165) is 6.42 Å². The lowest BCUT2D eigenvalue weighted by Gasteiger charge is -2.26. The van der Waals surface area contributed by atoms with Crippen molar-refractivity contribution in [3.05, 3.63) is 35.4 Å². The second kappa shape index (κ2) is 7.08. The van der Waals surface area contributed by atoms with Gasteiger partial charge in [0.15, 0.2) is 0 Å². The van der Waals surface area contributed by atoms with E-state index in [1.165, 1.54) is 31.1 Å². The number of hydrogen-bond acceptors (Lipinski definition) is 3. The molecule has 0 saturated heterocycles. The summed E-state index contributed by atoms with van der Waals surface area (Å²) in [6, 6.07) is 8.67. The van der Waals surface area contributed by atoms with E-state index in [-0.39, 0.29) is 18.1 Å². The average Bonchev–Trinajstić information content (AvgIpc) is 3.28. The summed E-state index contributed by atoms with van der Waals surface area (Å²) in [6.07, 6.45) is 3.28. The van der Waals surface area contributed by atoms with E-state index in [2.05, 4.69) is 50.4 Å². The van der Waals surface area contributed by atoms with Crippen LogP contribution in [-0.4, -0.2) is 19.1 Å². The van der Waals surface area contributed by atoms with Crippen LogP contribution in [-0.2, 0) is 9.53 Å². The van der Waals surface area contributed by atoms with Crippen LogP contribution < -0.4 is 5.32 Å². The Bertz CT molecular complexity index is 463. The molecule has 3 heteroatoms. The third kappa shape index (κ3) is 4.57. The van der Waals surface area contributed by atoms with Crippen LogP contribution in [0.4, 0.5) is 0 Å². The summed E-state index contributed by atoms with van der Waals surface area (Å²) < 4.78 is 4.97. The van der Waals surface area contributed by atoms with Crippen LogP contribution in [0, 0.1) is 18.8 Å². The van der Waals surface area contributed by atoms with Gasteiger partial charge in [-0.1, -0.05) is 43.7 Å². The van der Waals surface area contributed by atoms with Crippen molar-refractivity contribution >= 4 is 5.97 Å². The van der Waals surface area contributed by atoms with Gasteiger partial charge in [0.2, 0.25) is 0 Å². The van der Waals surface area contributed by atoms with Crippen molar-refractivity contribution in [3.63, 3.8) is 0 Å². The van der Waals surface area contributed by atoms with Gasteiger partial charge in [0, 0.05) is 6.04 Å². The topological polar surface area (TPSA) is 38.3 Å². The Morgan fingerprint density at radius 2 is 1.90 bits per heavy atom. The summed E-state index contributed by atoms with van der Waals surface area (Å²) in [5.74, 6) is 0.952.